The van der Waals surface area contributed by atoms with Gasteiger partial charge in [0.2, 0.25) is 0 Å². The molecule has 120 valence electrons. The van der Waals surface area contributed by atoms with Crippen molar-refractivity contribution in [1.29, 1.82) is 0 Å². The summed E-state index contributed by atoms with van der Waals surface area (Å²) in [5.41, 5.74) is 0.702. The summed E-state index contributed by atoms with van der Waals surface area (Å²) < 4.78 is 10.6. The molecule has 2 aromatic carbocycles. The second kappa shape index (κ2) is 7.26. The molecule has 0 saturated carbocycles. The molecule has 23 heavy (non-hydrogen) atoms. The number of carbonyl (C=O) groups is 1. The van der Waals surface area contributed by atoms with Gasteiger partial charge >= 0.3 is 0 Å². The highest BCUT2D eigenvalue weighted by Crippen LogP contribution is 2.29. The van der Waals surface area contributed by atoms with Gasteiger partial charge < -0.3 is 14.8 Å². The monoisotopic (exact) mass is 316 g/mol. The van der Waals surface area contributed by atoms with Crippen molar-refractivity contribution < 1.29 is 19.2 Å². The molecule has 0 aromatic heterocycles. The van der Waals surface area contributed by atoms with Crippen LogP contribution in [0.3, 0.4) is 0 Å². The molecule has 7 heteroatoms. The van der Waals surface area contributed by atoms with Gasteiger partial charge in [-0.3, -0.25) is 14.9 Å². The predicted octanol–water partition coefficient (Wildman–Crippen LogP) is 3.25. The fraction of sp³-hybridized carbons (Fsp3) is 0.188. The van der Waals surface area contributed by atoms with E-state index in [4.69, 9.17) is 9.47 Å². The van der Waals surface area contributed by atoms with Gasteiger partial charge in [0.05, 0.1) is 24.3 Å². The van der Waals surface area contributed by atoms with E-state index in [9.17, 15) is 14.9 Å². The third-order valence-corrected chi connectivity index (χ3v) is 3.08. The van der Waals surface area contributed by atoms with Crippen LogP contribution in [0.2, 0.25) is 0 Å². The number of rotatable bonds is 6. The lowest BCUT2D eigenvalue weighted by atomic mass is 10.2. The van der Waals surface area contributed by atoms with Crippen LogP contribution >= 0.6 is 0 Å². The lowest BCUT2D eigenvalue weighted by Crippen LogP contribution is -2.13. The summed E-state index contributed by atoms with van der Waals surface area (Å²) in [6.07, 6.45) is 0. The van der Waals surface area contributed by atoms with Crippen molar-refractivity contribution in [3.63, 3.8) is 0 Å². The number of nitro groups is 1. The summed E-state index contributed by atoms with van der Waals surface area (Å²) in [5.74, 6) is 0.699. The minimum Gasteiger partial charge on any atom is -0.497 e. The zero-order valence-corrected chi connectivity index (χ0v) is 12.7. The summed E-state index contributed by atoms with van der Waals surface area (Å²) in [7, 11) is 1.53. The van der Waals surface area contributed by atoms with Gasteiger partial charge in [-0.1, -0.05) is 0 Å². The van der Waals surface area contributed by atoms with Crippen LogP contribution in [0.25, 0.3) is 0 Å². The maximum atomic E-state index is 12.3. The number of benzene rings is 2. The average molecular weight is 316 g/mol. The maximum absolute atomic E-state index is 12.3. The van der Waals surface area contributed by atoms with Crippen LogP contribution in [-0.2, 0) is 0 Å². The molecule has 0 fully saturated rings. The van der Waals surface area contributed by atoms with Crippen LogP contribution in [-0.4, -0.2) is 24.5 Å². The lowest BCUT2D eigenvalue weighted by molar-refractivity contribution is -0.384. The average Bonchev–Trinajstić information content (AvgIpc) is 2.56. The fourth-order valence-electron chi connectivity index (χ4n) is 1.94. The van der Waals surface area contributed by atoms with Crippen LogP contribution in [0.1, 0.15) is 17.3 Å². The van der Waals surface area contributed by atoms with Crippen molar-refractivity contribution in [2.45, 2.75) is 6.92 Å². The van der Waals surface area contributed by atoms with Crippen LogP contribution < -0.4 is 14.8 Å². The van der Waals surface area contributed by atoms with E-state index in [2.05, 4.69) is 5.32 Å². The number of amides is 1. The molecule has 7 nitrogen and oxygen atoms in total. The van der Waals surface area contributed by atoms with Gasteiger partial charge in [0.1, 0.15) is 11.5 Å². The number of methoxy groups -OCH3 is 1. The van der Waals surface area contributed by atoms with E-state index in [0.29, 0.717) is 29.4 Å². The Morgan fingerprint density at radius 3 is 2.48 bits per heavy atom. The quantitative estimate of drug-likeness (QED) is 0.652. The highest BCUT2D eigenvalue weighted by atomic mass is 16.6. The number of nitro benzene ring substituents is 1. The van der Waals surface area contributed by atoms with Crippen molar-refractivity contribution in [2.24, 2.45) is 0 Å². The molecular formula is C16H16N2O5. The Morgan fingerprint density at radius 1 is 1.22 bits per heavy atom. The summed E-state index contributed by atoms with van der Waals surface area (Å²) in [5, 5.41) is 13.4. The number of hydrogen-bond acceptors (Lipinski definition) is 5. The van der Waals surface area contributed by atoms with Gasteiger partial charge in [0.25, 0.3) is 11.6 Å². The predicted molar refractivity (Wildman–Crippen MR) is 85.2 cm³/mol. The van der Waals surface area contributed by atoms with Gasteiger partial charge in [-0.2, -0.15) is 0 Å². The fourth-order valence-corrected chi connectivity index (χ4v) is 1.94. The number of hydrogen-bond donors (Lipinski definition) is 1. The molecule has 0 heterocycles. The SMILES string of the molecule is CCOc1ccc(OC)cc1NC(=O)c1ccc([N+](=O)[O-])cc1. The second-order valence-corrected chi connectivity index (χ2v) is 4.55. The third kappa shape index (κ3) is 3.97. The first-order valence-corrected chi connectivity index (χ1v) is 6.91. The van der Waals surface area contributed by atoms with Crippen LogP contribution in [0.5, 0.6) is 11.5 Å². The smallest absolute Gasteiger partial charge is 0.269 e. The molecule has 1 N–H and O–H groups in total. The molecular weight excluding hydrogens is 300 g/mol. The largest absolute Gasteiger partial charge is 0.497 e. The molecule has 0 unspecified atom stereocenters. The van der Waals surface area contributed by atoms with Crippen LogP contribution in [0.4, 0.5) is 11.4 Å². The first-order chi connectivity index (χ1) is 11.0. The summed E-state index contributed by atoms with van der Waals surface area (Å²) in [6, 6.07) is 10.4. The first-order valence-electron chi connectivity index (χ1n) is 6.91. The molecule has 0 spiro atoms. The Morgan fingerprint density at radius 2 is 1.91 bits per heavy atom. The number of carbonyl (C=O) groups excluding carboxylic acids is 1. The topological polar surface area (TPSA) is 90.7 Å². The molecule has 0 bridgehead atoms. The number of ether oxygens (including phenoxy) is 2. The summed E-state index contributed by atoms with van der Waals surface area (Å²) in [4.78, 5) is 22.4. The van der Waals surface area contributed by atoms with Gasteiger partial charge in [-0.15, -0.1) is 0 Å². The Bertz CT molecular complexity index is 713. The molecule has 2 rings (SSSR count). The normalized spacial score (nSPS) is 10.0. The molecule has 1 amide bonds. The van der Waals surface area contributed by atoms with Crippen molar-refractivity contribution in [3.8, 4) is 11.5 Å². The van der Waals surface area contributed by atoms with Crippen molar-refractivity contribution in [1.82, 2.24) is 0 Å². The van der Waals surface area contributed by atoms with Crippen molar-refractivity contribution in [2.75, 3.05) is 19.0 Å². The maximum Gasteiger partial charge on any atom is 0.269 e. The Balaban J connectivity index is 2.23. The zero-order chi connectivity index (χ0) is 16.8. The highest BCUT2D eigenvalue weighted by Gasteiger charge is 2.13. The van der Waals surface area contributed by atoms with E-state index >= 15 is 0 Å². The summed E-state index contributed by atoms with van der Waals surface area (Å²) in [6.45, 7) is 2.29. The van der Waals surface area contributed by atoms with Gasteiger partial charge in [0, 0.05) is 23.8 Å². The number of anilines is 1. The van der Waals surface area contributed by atoms with Crippen molar-refractivity contribution in [3.05, 3.63) is 58.1 Å². The van der Waals surface area contributed by atoms with Crippen LogP contribution in [0.15, 0.2) is 42.5 Å². The van der Waals surface area contributed by atoms with E-state index in [0.717, 1.165) is 0 Å². The molecule has 0 atom stereocenters. The Labute approximate surface area is 133 Å². The van der Waals surface area contributed by atoms with Crippen molar-refractivity contribution >= 4 is 17.3 Å². The van der Waals surface area contributed by atoms with Gasteiger partial charge in [0.15, 0.2) is 0 Å². The van der Waals surface area contributed by atoms with Crippen LogP contribution in [0, 0.1) is 10.1 Å². The summed E-state index contributed by atoms with van der Waals surface area (Å²) >= 11 is 0. The minimum atomic E-state index is -0.517. The second-order valence-electron chi connectivity index (χ2n) is 4.55. The van der Waals surface area contributed by atoms with E-state index < -0.39 is 10.8 Å². The molecule has 0 aliphatic carbocycles. The Hall–Kier alpha value is -3.09. The number of nitrogens with one attached hydrogen (secondary N) is 1. The van der Waals surface area contributed by atoms with E-state index in [1.165, 1.54) is 31.4 Å². The molecule has 0 saturated heterocycles. The van der Waals surface area contributed by atoms with E-state index in [-0.39, 0.29) is 5.69 Å². The van der Waals surface area contributed by atoms with E-state index in [1.54, 1.807) is 18.2 Å². The first kappa shape index (κ1) is 16.3. The molecule has 0 radical (unpaired) electrons. The minimum absolute atomic E-state index is 0.0714. The zero-order valence-electron chi connectivity index (χ0n) is 12.7. The standard InChI is InChI=1S/C16H16N2O5/c1-3-23-15-9-8-13(22-2)10-14(15)17-16(19)11-4-6-12(7-5-11)18(20)21/h4-10H,3H2,1-2H3,(H,17,19). The number of non-ortho nitro benzene ring substituents is 1. The van der Waals surface area contributed by atoms with Gasteiger partial charge in [-0.05, 0) is 31.2 Å². The number of nitrogens with zero attached hydrogens (tertiary/aromatic N) is 1. The van der Waals surface area contributed by atoms with Gasteiger partial charge in [-0.25, -0.2) is 0 Å². The molecule has 0 aliphatic heterocycles. The molecule has 0 aliphatic rings. The highest BCUT2D eigenvalue weighted by molar-refractivity contribution is 6.05. The Kier molecular flexibility index (Phi) is 5.14. The molecule has 2 aromatic rings. The third-order valence-electron chi connectivity index (χ3n) is 3.08. The lowest BCUT2D eigenvalue weighted by Gasteiger charge is -2.13. The van der Waals surface area contributed by atoms with E-state index in [1.807, 2.05) is 6.92 Å².